The molecule has 0 aliphatic carbocycles. The van der Waals surface area contributed by atoms with Crippen LogP contribution in [0.3, 0.4) is 0 Å². The molecule has 0 bridgehead atoms. The minimum absolute atomic E-state index is 0.110. The SMILES string of the molecule is Cc1cc(Cl)nc(Cl)c1NC(=O)C1CNc2ccccc21. The Morgan fingerprint density at radius 3 is 2.90 bits per heavy atom. The molecule has 1 amide bonds. The average molecular weight is 322 g/mol. The second-order valence-electron chi connectivity index (χ2n) is 4.94. The van der Waals surface area contributed by atoms with Gasteiger partial charge in [-0.25, -0.2) is 4.98 Å². The lowest BCUT2D eigenvalue weighted by atomic mass is 10.0. The minimum atomic E-state index is -0.243. The Morgan fingerprint density at radius 2 is 2.14 bits per heavy atom. The highest BCUT2D eigenvalue weighted by Crippen LogP contribution is 2.33. The monoisotopic (exact) mass is 321 g/mol. The zero-order chi connectivity index (χ0) is 15.0. The van der Waals surface area contributed by atoms with Crippen molar-refractivity contribution in [3.05, 3.63) is 51.8 Å². The first-order valence-electron chi connectivity index (χ1n) is 6.52. The number of hydrogen-bond donors (Lipinski definition) is 2. The third-order valence-electron chi connectivity index (χ3n) is 3.54. The van der Waals surface area contributed by atoms with Crippen LogP contribution in [0.5, 0.6) is 0 Å². The summed E-state index contributed by atoms with van der Waals surface area (Å²) in [7, 11) is 0. The number of benzene rings is 1. The maximum Gasteiger partial charge on any atom is 0.233 e. The van der Waals surface area contributed by atoms with Crippen LogP contribution in [0.25, 0.3) is 0 Å². The predicted molar refractivity (Wildman–Crippen MR) is 85.3 cm³/mol. The Hall–Kier alpha value is -1.78. The molecule has 1 aromatic heterocycles. The van der Waals surface area contributed by atoms with Crippen molar-refractivity contribution >= 4 is 40.5 Å². The van der Waals surface area contributed by atoms with E-state index in [1.54, 1.807) is 6.07 Å². The third kappa shape index (κ3) is 2.69. The van der Waals surface area contributed by atoms with Crippen LogP contribution < -0.4 is 10.6 Å². The van der Waals surface area contributed by atoms with Gasteiger partial charge in [0.25, 0.3) is 0 Å². The number of aryl methyl sites for hydroxylation is 1. The Balaban J connectivity index is 1.86. The molecule has 0 radical (unpaired) electrons. The molecule has 0 saturated carbocycles. The lowest BCUT2D eigenvalue weighted by Gasteiger charge is -2.14. The molecule has 3 rings (SSSR count). The van der Waals surface area contributed by atoms with Crippen molar-refractivity contribution in [2.75, 3.05) is 17.2 Å². The van der Waals surface area contributed by atoms with Gasteiger partial charge < -0.3 is 10.6 Å². The zero-order valence-corrected chi connectivity index (χ0v) is 12.8. The summed E-state index contributed by atoms with van der Waals surface area (Å²) in [4.78, 5) is 16.5. The standard InChI is InChI=1S/C15H13Cl2N3O/c1-8-6-12(16)19-14(17)13(8)20-15(21)10-7-18-11-5-3-2-4-9(10)11/h2-6,10,18H,7H2,1H3,(H,20,21). The first kappa shape index (κ1) is 14.2. The lowest BCUT2D eigenvalue weighted by molar-refractivity contribution is -0.117. The van der Waals surface area contributed by atoms with Gasteiger partial charge in [-0.1, -0.05) is 41.4 Å². The first-order valence-corrected chi connectivity index (χ1v) is 7.28. The van der Waals surface area contributed by atoms with Gasteiger partial charge in [-0.15, -0.1) is 0 Å². The normalized spacial score (nSPS) is 16.2. The molecule has 108 valence electrons. The predicted octanol–water partition coefficient (Wildman–Crippen LogP) is 3.84. The number of amides is 1. The van der Waals surface area contributed by atoms with Crippen LogP contribution in [0.1, 0.15) is 17.0 Å². The topological polar surface area (TPSA) is 54.0 Å². The minimum Gasteiger partial charge on any atom is -0.384 e. The summed E-state index contributed by atoms with van der Waals surface area (Å²) in [5, 5.41) is 6.59. The lowest BCUT2D eigenvalue weighted by Crippen LogP contribution is -2.23. The largest absolute Gasteiger partial charge is 0.384 e. The van der Waals surface area contributed by atoms with Crippen LogP contribution >= 0.6 is 23.2 Å². The molecule has 21 heavy (non-hydrogen) atoms. The molecule has 1 unspecified atom stereocenters. The molecule has 6 heteroatoms. The second-order valence-corrected chi connectivity index (χ2v) is 5.68. The summed E-state index contributed by atoms with van der Waals surface area (Å²) >= 11 is 11.9. The molecule has 2 heterocycles. The Labute approximate surface area is 132 Å². The van der Waals surface area contributed by atoms with E-state index in [0.717, 1.165) is 16.8 Å². The summed E-state index contributed by atoms with van der Waals surface area (Å²) in [6.07, 6.45) is 0. The van der Waals surface area contributed by atoms with Crippen LogP contribution in [0.2, 0.25) is 10.3 Å². The molecular weight excluding hydrogens is 309 g/mol. The highest BCUT2D eigenvalue weighted by atomic mass is 35.5. The summed E-state index contributed by atoms with van der Waals surface area (Å²) in [5.41, 5.74) is 3.28. The van der Waals surface area contributed by atoms with E-state index >= 15 is 0 Å². The van der Waals surface area contributed by atoms with Crippen molar-refractivity contribution in [1.82, 2.24) is 4.98 Å². The molecule has 2 aromatic rings. The van der Waals surface area contributed by atoms with Crippen molar-refractivity contribution in [2.45, 2.75) is 12.8 Å². The number of anilines is 2. The fourth-order valence-electron chi connectivity index (χ4n) is 2.47. The molecular formula is C15H13Cl2N3O. The van der Waals surface area contributed by atoms with Gasteiger partial charge in [0, 0.05) is 12.2 Å². The summed E-state index contributed by atoms with van der Waals surface area (Å²) in [5.74, 6) is -0.353. The van der Waals surface area contributed by atoms with Crippen LogP contribution in [-0.2, 0) is 4.79 Å². The summed E-state index contributed by atoms with van der Waals surface area (Å²) in [6, 6.07) is 9.45. The quantitative estimate of drug-likeness (QED) is 0.826. The zero-order valence-electron chi connectivity index (χ0n) is 11.3. The maximum atomic E-state index is 12.5. The number of fused-ring (bicyclic) bond motifs is 1. The van der Waals surface area contributed by atoms with E-state index < -0.39 is 0 Å². The molecule has 2 N–H and O–H groups in total. The van der Waals surface area contributed by atoms with Gasteiger partial charge in [-0.05, 0) is 30.2 Å². The van der Waals surface area contributed by atoms with E-state index in [4.69, 9.17) is 23.2 Å². The number of hydrogen-bond acceptors (Lipinski definition) is 3. The van der Waals surface area contributed by atoms with Gasteiger partial charge in [0.05, 0.1) is 11.6 Å². The number of para-hydroxylation sites is 1. The van der Waals surface area contributed by atoms with Gasteiger partial charge in [0.1, 0.15) is 5.15 Å². The Morgan fingerprint density at radius 1 is 1.38 bits per heavy atom. The highest BCUT2D eigenvalue weighted by Gasteiger charge is 2.28. The molecule has 4 nitrogen and oxygen atoms in total. The number of aromatic nitrogens is 1. The summed E-state index contributed by atoms with van der Waals surface area (Å²) in [6.45, 7) is 2.40. The molecule has 1 aliphatic rings. The Kier molecular flexibility index (Phi) is 3.74. The number of carbonyl (C=O) groups is 1. The number of rotatable bonds is 2. The molecule has 1 aliphatic heterocycles. The fraction of sp³-hybridized carbons (Fsp3) is 0.200. The number of carbonyl (C=O) groups excluding carboxylic acids is 1. The van der Waals surface area contributed by atoms with Gasteiger partial charge in [0.15, 0.2) is 5.15 Å². The highest BCUT2D eigenvalue weighted by molar-refractivity contribution is 6.34. The Bertz CT molecular complexity index is 695. The molecule has 0 fully saturated rings. The van der Waals surface area contributed by atoms with Crippen molar-refractivity contribution in [1.29, 1.82) is 0 Å². The number of nitrogens with zero attached hydrogens (tertiary/aromatic N) is 1. The van der Waals surface area contributed by atoms with Crippen LogP contribution in [0.15, 0.2) is 30.3 Å². The smallest absolute Gasteiger partial charge is 0.233 e. The fourth-order valence-corrected chi connectivity index (χ4v) is 3.05. The van der Waals surface area contributed by atoms with Crippen molar-refractivity contribution in [3.63, 3.8) is 0 Å². The molecule has 1 atom stereocenters. The van der Waals surface area contributed by atoms with Gasteiger partial charge in [-0.3, -0.25) is 4.79 Å². The number of nitrogens with one attached hydrogen (secondary N) is 2. The van der Waals surface area contributed by atoms with Gasteiger partial charge >= 0.3 is 0 Å². The average Bonchev–Trinajstić information content (AvgIpc) is 2.86. The van der Waals surface area contributed by atoms with Crippen molar-refractivity contribution in [3.8, 4) is 0 Å². The molecule has 0 saturated heterocycles. The first-order chi connectivity index (χ1) is 10.1. The van der Waals surface area contributed by atoms with E-state index in [1.165, 1.54) is 0 Å². The van der Waals surface area contributed by atoms with Gasteiger partial charge in [0.2, 0.25) is 5.91 Å². The van der Waals surface area contributed by atoms with Crippen LogP contribution in [-0.4, -0.2) is 17.4 Å². The van der Waals surface area contributed by atoms with Crippen molar-refractivity contribution in [2.24, 2.45) is 0 Å². The van der Waals surface area contributed by atoms with Crippen LogP contribution in [0, 0.1) is 6.92 Å². The summed E-state index contributed by atoms with van der Waals surface area (Å²) < 4.78 is 0. The van der Waals surface area contributed by atoms with E-state index in [1.807, 2.05) is 31.2 Å². The van der Waals surface area contributed by atoms with E-state index in [-0.39, 0.29) is 17.0 Å². The second kappa shape index (κ2) is 5.54. The molecule has 1 aromatic carbocycles. The number of pyridine rings is 1. The maximum absolute atomic E-state index is 12.5. The van der Waals surface area contributed by atoms with E-state index in [9.17, 15) is 4.79 Å². The van der Waals surface area contributed by atoms with E-state index in [2.05, 4.69) is 15.6 Å². The number of halogens is 2. The molecule has 0 spiro atoms. The van der Waals surface area contributed by atoms with Gasteiger partial charge in [-0.2, -0.15) is 0 Å². The van der Waals surface area contributed by atoms with Crippen molar-refractivity contribution < 1.29 is 4.79 Å². The van der Waals surface area contributed by atoms with Crippen LogP contribution in [0.4, 0.5) is 11.4 Å². The van der Waals surface area contributed by atoms with E-state index in [0.29, 0.717) is 17.4 Å². The third-order valence-corrected chi connectivity index (χ3v) is 4.01.